The van der Waals surface area contributed by atoms with Crippen molar-refractivity contribution in [3.8, 4) is 0 Å². The van der Waals surface area contributed by atoms with Crippen LogP contribution in [-0.2, 0) is 9.59 Å². The van der Waals surface area contributed by atoms with Crippen LogP contribution in [0.4, 0.5) is 0 Å². The van der Waals surface area contributed by atoms with Crippen molar-refractivity contribution in [3.05, 3.63) is 0 Å². The molecule has 0 rings (SSSR count). The topological polar surface area (TPSA) is 82.9 Å². The molecule has 0 aromatic heterocycles. The molecule has 0 aliphatic heterocycles. The van der Waals surface area contributed by atoms with Gasteiger partial charge >= 0.3 is 0 Å². The smallest absolute Gasteiger partial charge is 0.240 e. The van der Waals surface area contributed by atoms with E-state index < -0.39 is 0 Å². The van der Waals surface area contributed by atoms with Crippen molar-refractivity contribution >= 4 is 24.2 Å². The lowest BCUT2D eigenvalue weighted by Crippen LogP contribution is -2.17. The summed E-state index contributed by atoms with van der Waals surface area (Å²) in [5, 5.41) is 7.70. The molecule has 2 N–H and O–H groups in total. The number of hydrogen-bond acceptors (Lipinski definition) is 4. The number of rotatable bonds is 13. The molecule has 0 aromatic rings. The molecule has 2 amide bonds. The highest BCUT2D eigenvalue weighted by Crippen LogP contribution is 2.05. The summed E-state index contributed by atoms with van der Waals surface area (Å²) in [6, 6.07) is 0. The molecule has 0 unspecified atom stereocenters. The molecule has 0 bridgehead atoms. The number of unbranched alkanes of at least 4 members (excludes halogenated alkanes) is 5. The lowest BCUT2D eigenvalue weighted by Gasteiger charge is -2.01. The Morgan fingerprint density at radius 2 is 1.18 bits per heavy atom. The monoisotopic (exact) mass is 310 g/mol. The van der Waals surface area contributed by atoms with Gasteiger partial charge < -0.3 is 0 Å². The predicted octanol–water partition coefficient (Wildman–Crippen LogP) is 3.13. The highest BCUT2D eigenvalue weighted by molar-refractivity contribution is 5.77. The van der Waals surface area contributed by atoms with Gasteiger partial charge in [0, 0.05) is 25.3 Å². The molecule has 0 fully saturated rings. The van der Waals surface area contributed by atoms with E-state index in [-0.39, 0.29) is 11.8 Å². The van der Waals surface area contributed by atoms with Gasteiger partial charge in [0.2, 0.25) is 11.8 Å². The summed E-state index contributed by atoms with van der Waals surface area (Å²) in [5.41, 5.74) is 5.02. The van der Waals surface area contributed by atoms with Gasteiger partial charge in [0.25, 0.3) is 0 Å². The van der Waals surface area contributed by atoms with E-state index in [1.165, 1.54) is 0 Å². The van der Waals surface area contributed by atoms with Gasteiger partial charge in [0.1, 0.15) is 0 Å². The second kappa shape index (κ2) is 15.7. The number of amides is 2. The number of carbonyl (C=O) groups is 2. The summed E-state index contributed by atoms with van der Waals surface area (Å²) < 4.78 is 0. The van der Waals surface area contributed by atoms with Gasteiger partial charge in [-0.3, -0.25) is 9.59 Å². The number of carbonyl (C=O) groups excluding carboxylic acids is 2. The van der Waals surface area contributed by atoms with E-state index in [4.69, 9.17) is 0 Å². The van der Waals surface area contributed by atoms with Crippen molar-refractivity contribution in [1.29, 1.82) is 0 Å². The number of hydrogen-bond donors (Lipinski definition) is 2. The molecule has 22 heavy (non-hydrogen) atoms. The molecule has 0 radical (unpaired) electrons. The summed E-state index contributed by atoms with van der Waals surface area (Å²) >= 11 is 0. The molecular formula is C16H30N4O2. The third kappa shape index (κ3) is 14.7. The summed E-state index contributed by atoms with van der Waals surface area (Å²) in [6.45, 7) is 4.12. The van der Waals surface area contributed by atoms with E-state index in [2.05, 4.69) is 34.9 Å². The predicted molar refractivity (Wildman–Crippen MR) is 90.8 cm³/mol. The van der Waals surface area contributed by atoms with E-state index in [9.17, 15) is 9.59 Å². The molecule has 0 saturated heterocycles. The first-order valence-electron chi connectivity index (χ1n) is 8.31. The molecule has 6 nitrogen and oxygen atoms in total. The van der Waals surface area contributed by atoms with E-state index >= 15 is 0 Å². The maximum atomic E-state index is 11.4. The Labute approximate surface area is 133 Å². The quantitative estimate of drug-likeness (QED) is 0.311. The normalized spacial score (nSPS) is 11.2. The Morgan fingerprint density at radius 1 is 0.773 bits per heavy atom. The van der Waals surface area contributed by atoms with Crippen LogP contribution in [0.3, 0.4) is 0 Å². The fourth-order valence-electron chi connectivity index (χ4n) is 1.66. The van der Waals surface area contributed by atoms with Crippen LogP contribution in [-0.4, -0.2) is 24.2 Å². The number of nitrogens with zero attached hydrogens (tertiary/aromatic N) is 2. The summed E-state index contributed by atoms with van der Waals surface area (Å²) in [4.78, 5) is 22.8. The Bertz CT molecular complexity index is 320. The first-order chi connectivity index (χ1) is 10.7. The third-order valence-corrected chi connectivity index (χ3v) is 2.95. The molecule has 126 valence electrons. The zero-order valence-corrected chi connectivity index (χ0v) is 13.9. The average Bonchev–Trinajstić information content (AvgIpc) is 2.51. The van der Waals surface area contributed by atoms with E-state index in [1.54, 1.807) is 12.4 Å². The molecule has 0 aromatic carbocycles. The number of nitrogens with one attached hydrogen (secondary N) is 2. The minimum Gasteiger partial charge on any atom is -0.273 e. The maximum absolute atomic E-state index is 11.4. The second-order valence-electron chi connectivity index (χ2n) is 5.18. The Hall–Kier alpha value is -1.72. The second-order valence-corrected chi connectivity index (χ2v) is 5.18. The Morgan fingerprint density at radius 3 is 1.55 bits per heavy atom. The molecule has 6 heteroatoms. The summed E-state index contributed by atoms with van der Waals surface area (Å²) in [6.07, 6.45) is 11.8. The molecule has 0 atom stereocenters. The van der Waals surface area contributed by atoms with Gasteiger partial charge in [0.15, 0.2) is 0 Å². The Kier molecular flexibility index (Phi) is 14.4. The van der Waals surface area contributed by atoms with Gasteiger partial charge in [-0.25, -0.2) is 10.9 Å². The lowest BCUT2D eigenvalue weighted by atomic mass is 10.1. The maximum Gasteiger partial charge on any atom is 0.240 e. The SMILES string of the molecule is CCCC=NNC(=O)CCCCCCC(=O)NN=CCCC. The Balaban J connectivity index is 3.42. The van der Waals surface area contributed by atoms with Crippen LogP contribution in [0.1, 0.15) is 78.1 Å². The van der Waals surface area contributed by atoms with E-state index in [0.29, 0.717) is 12.8 Å². The van der Waals surface area contributed by atoms with Gasteiger partial charge in [-0.15, -0.1) is 0 Å². The largest absolute Gasteiger partial charge is 0.273 e. The molecule has 0 saturated carbocycles. The zero-order valence-electron chi connectivity index (χ0n) is 13.9. The third-order valence-electron chi connectivity index (χ3n) is 2.95. The van der Waals surface area contributed by atoms with Crippen molar-refractivity contribution in [3.63, 3.8) is 0 Å². The van der Waals surface area contributed by atoms with E-state index in [1.807, 2.05) is 0 Å². The number of hydrazone groups is 2. The van der Waals surface area contributed by atoms with Crippen LogP contribution in [0.2, 0.25) is 0 Å². The van der Waals surface area contributed by atoms with Crippen molar-refractivity contribution in [2.75, 3.05) is 0 Å². The fourth-order valence-corrected chi connectivity index (χ4v) is 1.66. The summed E-state index contributed by atoms with van der Waals surface area (Å²) in [7, 11) is 0. The van der Waals surface area contributed by atoms with Crippen molar-refractivity contribution in [1.82, 2.24) is 10.9 Å². The van der Waals surface area contributed by atoms with E-state index in [0.717, 1.165) is 51.4 Å². The first-order valence-corrected chi connectivity index (χ1v) is 8.31. The first kappa shape index (κ1) is 20.3. The standard InChI is InChI=1S/C16H30N4O2/c1-3-5-13-17-19-15(21)11-9-7-8-10-12-16(22)20-18-14-6-4-2/h13-14H,3-12H2,1-2H3,(H,19,21)(H,20,22). The fraction of sp³-hybridized carbons (Fsp3) is 0.750. The van der Waals surface area contributed by atoms with Gasteiger partial charge in [-0.1, -0.05) is 39.5 Å². The van der Waals surface area contributed by atoms with Gasteiger partial charge in [-0.05, 0) is 25.7 Å². The minimum absolute atomic E-state index is 0.0460. The van der Waals surface area contributed by atoms with Crippen LogP contribution in [0.5, 0.6) is 0 Å². The lowest BCUT2D eigenvalue weighted by molar-refractivity contribution is -0.122. The highest BCUT2D eigenvalue weighted by atomic mass is 16.2. The highest BCUT2D eigenvalue weighted by Gasteiger charge is 2.01. The molecule has 0 heterocycles. The van der Waals surface area contributed by atoms with Crippen molar-refractivity contribution in [2.45, 2.75) is 78.1 Å². The van der Waals surface area contributed by atoms with Gasteiger partial charge in [0.05, 0.1) is 0 Å². The van der Waals surface area contributed by atoms with Crippen LogP contribution in [0, 0.1) is 0 Å². The molecular weight excluding hydrogens is 280 g/mol. The minimum atomic E-state index is -0.0460. The zero-order chi connectivity index (χ0) is 16.5. The van der Waals surface area contributed by atoms with Crippen LogP contribution in [0.25, 0.3) is 0 Å². The van der Waals surface area contributed by atoms with Crippen LogP contribution in [0.15, 0.2) is 10.2 Å². The van der Waals surface area contributed by atoms with Crippen LogP contribution < -0.4 is 10.9 Å². The molecule has 0 aliphatic carbocycles. The molecule has 0 spiro atoms. The molecule has 0 aliphatic rings. The summed E-state index contributed by atoms with van der Waals surface area (Å²) in [5.74, 6) is -0.0919. The average molecular weight is 310 g/mol. The van der Waals surface area contributed by atoms with Crippen LogP contribution >= 0.6 is 0 Å². The van der Waals surface area contributed by atoms with Gasteiger partial charge in [-0.2, -0.15) is 10.2 Å². The van der Waals surface area contributed by atoms with Crippen molar-refractivity contribution < 1.29 is 9.59 Å². The van der Waals surface area contributed by atoms with Crippen molar-refractivity contribution in [2.24, 2.45) is 10.2 Å².